The number of esters is 1. The van der Waals surface area contributed by atoms with Gasteiger partial charge in [0.15, 0.2) is 11.4 Å². The Labute approximate surface area is 112 Å². The summed E-state index contributed by atoms with van der Waals surface area (Å²) in [6.07, 6.45) is 6.72. The van der Waals surface area contributed by atoms with Gasteiger partial charge in [-0.05, 0) is 19.8 Å². The number of allylic oxidation sites excluding steroid dienone is 2. The first-order valence-electron chi connectivity index (χ1n) is 6.76. The molecule has 1 unspecified atom stereocenters. The molecule has 2 bridgehead atoms. The molecule has 4 aliphatic rings. The summed E-state index contributed by atoms with van der Waals surface area (Å²) < 4.78 is 10.6. The Morgan fingerprint density at radius 3 is 3.00 bits per heavy atom. The smallest absolute Gasteiger partial charge is 0.310 e. The molecule has 0 radical (unpaired) electrons. The van der Waals surface area contributed by atoms with Crippen molar-refractivity contribution >= 4 is 11.8 Å². The number of rotatable bonds is 4. The van der Waals surface area contributed by atoms with E-state index in [4.69, 9.17) is 9.47 Å². The number of ketones is 1. The van der Waals surface area contributed by atoms with E-state index in [2.05, 4.69) is 6.58 Å². The van der Waals surface area contributed by atoms with Crippen molar-refractivity contribution in [2.45, 2.75) is 25.4 Å². The van der Waals surface area contributed by atoms with E-state index < -0.39 is 16.9 Å². The normalized spacial score (nSPS) is 42.5. The molecule has 0 N–H and O–H groups in total. The molecule has 4 nitrogen and oxygen atoms in total. The molecular weight excluding hydrogens is 244 g/mol. The van der Waals surface area contributed by atoms with Crippen LogP contribution in [0, 0.1) is 17.3 Å². The molecule has 1 aliphatic heterocycles. The van der Waals surface area contributed by atoms with Crippen molar-refractivity contribution in [2.75, 3.05) is 13.2 Å². The van der Waals surface area contributed by atoms with Crippen molar-refractivity contribution in [3.63, 3.8) is 0 Å². The topological polar surface area (TPSA) is 55.9 Å². The van der Waals surface area contributed by atoms with E-state index >= 15 is 0 Å². The molecule has 4 atom stereocenters. The summed E-state index contributed by atoms with van der Waals surface area (Å²) in [6.45, 7) is 6.33. The number of epoxide rings is 1. The lowest BCUT2D eigenvalue weighted by Crippen LogP contribution is -2.58. The number of carbonyl (C=O) groups excluding carboxylic acids is 2. The minimum absolute atomic E-state index is 0.0149. The fourth-order valence-corrected chi connectivity index (χ4v) is 3.60. The van der Waals surface area contributed by atoms with Crippen molar-refractivity contribution in [1.82, 2.24) is 0 Å². The number of Topliss-reactive ketones (excluding diaryl/α,β-unsaturated/α-hetero) is 1. The Morgan fingerprint density at radius 2 is 2.42 bits per heavy atom. The van der Waals surface area contributed by atoms with Crippen molar-refractivity contribution in [1.29, 1.82) is 0 Å². The molecular formula is C15H18O4. The monoisotopic (exact) mass is 262 g/mol. The average molecular weight is 262 g/mol. The highest BCUT2D eigenvalue weighted by molar-refractivity contribution is 6.02. The lowest BCUT2D eigenvalue weighted by Gasteiger charge is -2.48. The first-order valence-corrected chi connectivity index (χ1v) is 6.76. The van der Waals surface area contributed by atoms with Crippen LogP contribution in [0.2, 0.25) is 0 Å². The van der Waals surface area contributed by atoms with Crippen LogP contribution in [0.1, 0.15) is 19.8 Å². The van der Waals surface area contributed by atoms with E-state index in [9.17, 15) is 9.59 Å². The second-order valence-electron chi connectivity index (χ2n) is 5.55. The zero-order valence-corrected chi connectivity index (χ0v) is 11.1. The second-order valence-corrected chi connectivity index (χ2v) is 5.55. The fourth-order valence-electron chi connectivity index (χ4n) is 3.60. The van der Waals surface area contributed by atoms with Crippen molar-refractivity contribution < 1.29 is 19.1 Å². The molecule has 0 aromatic heterocycles. The number of fused-ring (bicyclic) bond motifs is 1. The predicted molar refractivity (Wildman–Crippen MR) is 68.3 cm³/mol. The van der Waals surface area contributed by atoms with Gasteiger partial charge in [-0.25, -0.2) is 0 Å². The van der Waals surface area contributed by atoms with Gasteiger partial charge >= 0.3 is 5.97 Å². The van der Waals surface area contributed by atoms with E-state index in [0.717, 1.165) is 0 Å². The van der Waals surface area contributed by atoms with Crippen LogP contribution in [-0.2, 0) is 19.1 Å². The summed E-state index contributed by atoms with van der Waals surface area (Å²) in [4.78, 5) is 24.9. The van der Waals surface area contributed by atoms with Crippen LogP contribution in [0.3, 0.4) is 0 Å². The standard InChI is InChI=1S/C15H18O4/c1-3-6-14-7-5-10(15(9-19-15)13(14)17)8-11(14)12(16)18-4-2/h3,5,7,10-11H,1,4,6,8-9H2,2H3/t10?,11-,14+,15+/m1/s1. The summed E-state index contributed by atoms with van der Waals surface area (Å²) in [5, 5.41) is 0. The molecule has 3 aliphatic carbocycles. The van der Waals surface area contributed by atoms with E-state index in [-0.39, 0.29) is 17.7 Å². The molecule has 1 heterocycles. The van der Waals surface area contributed by atoms with E-state index in [1.807, 2.05) is 12.2 Å². The van der Waals surface area contributed by atoms with E-state index in [0.29, 0.717) is 26.1 Å². The van der Waals surface area contributed by atoms with Crippen LogP contribution in [0.15, 0.2) is 24.8 Å². The Balaban J connectivity index is 2.00. The SMILES string of the molecule is C=CC[C@]12C=CC(C[C@@H]1C(=O)OCC)[C@@]1(CO1)C2=O. The highest BCUT2D eigenvalue weighted by Gasteiger charge is 2.70. The van der Waals surface area contributed by atoms with Crippen molar-refractivity contribution in [2.24, 2.45) is 17.3 Å². The first-order chi connectivity index (χ1) is 9.10. The van der Waals surface area contributed by atoms with Crippen LogP contribution in [0.4, 0.5) is 0 Å². The zero-order valence-electron chi connectivity index (χ0n) is 11.1. The third kappa shape index (κ3) is 1.49. The molecule has 1 spiro atoms. The summed E-state index contributed by atoms with van der Waals surface area (Å²) in [5.74, 6) is -0.622. The third-order valence-corrected chi connectivity index (χ3v) is 4.65. The molecule has 1 saturated heterocycles. The molecule has 102 valence electrons. The van der Waals surface area contributed by atoms with Crippen molar-refractivity contribution in [3.8, 4) is 0 Å². The Morgan fingerprint density at radius 1 is 1.68 bits per heavy atom. The molecule has 0 aromatic carbocycles. The highest BCUT2D eigenvalue weighted by Crippen LogP contribution is 2.59. The van der Waals surface area contributed by atoms with Crippen molar-refractivity contribution in [3.05, 3.63) is 24.8 Å². The third-order valence-electron chi connectivity index (χ3n) is 4.65. The van der Waals surface area contributed by atoms with Gasteiger partial charge in [-0.3, -0.25) is 9.59 Å². The maximum Gasteiger partial charge on any atom is 0.310 e. The number of hydrogen-bond acceptors (Lipinski definition) is 4. The van der Waals surface area contributed by atoms with Gasteiger partial charge in [0.25, 0.3) is 0 Å². The maximum atomic E-state index is 12.8. The molecule has 0 aromatic rings. The van der Waals surface area contributed by atoms with Gasteiger partial charge in [0, 0.05) is 5.92 Å². The number of carbonyl (C=O) groups is 2. The summed E-state index contributed by atoms with van der Waals surface area (Å²) in [5.41, 5.74) is -1.46. The lowest BCUT2D eigenvalue weighted by atomic mass is 9.53. The minimum Gasteiger partial charge on any atom is -0.466 e. The van der Waals surface area contributed by atoms with Gasteiger partial charge in [-0.2, -0.15) is 0 Å². The number of hydrogen-bond donors (Lipinski definition) is 0. The Hall–Kier alpha value is -1.42. The summed E-state index contributed by atoms with van der Waals surface area (Å²) in [6, 6.07) is 0. The Bertz CT molecular complexity index is 475. The van der Waals surface area contributed by atoms with Gasteiger partial charge in [0.05, 0.1) is 24.5 Å². The van der Waals surface area contributed by atoms with Gasteiger partial charge in [0.1, 0.15) is 0 Å². The van der Waals surface area contributed by atoms with Crippen LogP contribution in [0.25, 0.3) is 0 Å². The first kappa shape index (κ1) is 12.6. The van der Waals surface area contributed by atoms with E-state index in [1.165, 1.54) is 0 Å². The summed E-state index contributed by atoms with van der Waals surface area (Å²) in [7, 11) is 0. The number of ether oxygens (including phenoxy) is 2. The summed E-state index contributed by atoms with van der Waals surface area (Å²) >= 11 is 0. The Kier molecular flexibility index (Phi) is 2.68. The van der Waals surface area contributed by atoms with Gasteiger partial charge < -0.3 is 9.47 Å². The molecule has 4 heteroatoms. The van der Waals surface area contributed by atoms with Gasteiger partial charge in [0.2, 0.25) is 0 Å². The lowest BCUT2D eigenvalue weighted by molar-refractivity contribution is -0.163. The van der Waals surface area contributed by atoms with Gasteiger partial charge in [-0.1, -0.05) is 18.2 Å². The molecule has 0 amide bonds. The quantitative estimate of drug-likeness (QED) is 0.439. The molecule has 19 heavy (non-hydrogen) atoms. The molecule has 1 saturated carbocycles. The van der Waals surface area contributed by atoms with E-state index in [1.54, 1.807) is 13.0 Å². The fraction of sp³-hybridized carbons (Fsp3) is 0.600. The zero-order chi connectivity index (χ0) is 13.7. The predicted octanol–water partition coefficient (Wildman–Crippen LogP) is 1.66. The van der Waals surface area contributed by atoms with Crippen LogP contribution < -0.4 is 0 Å². The average Bonchev–Trinajstić information content (AvgIpc) is 3.18. The van der Waals surface area contributed by atoms with Crippen LogP contribution >= 0.6 is 0 Å². The van der Waals surface area contributed by atoms with Crippen LogP contribution in [-0.4, -0.2) is 30.6 Å². The second kappa shape index (κ2) is 4.04. The molecule has 2 fully saturated rings. The van der Waals surface area contributed by atoms with Crippen LogP contribution in [0.5, 0.6) is 0 Å². The maximum absolute atomic E-state index is 12.8. The largest absolute Gasteiger partial charge is 0.466 e. The minimum atomic E-state index is -0.806. The highest BCUT2D eigenvalue weighted by atomic mass is 16.6. The molecule has 4 rings (SSSR count). The van der Waals surface area contributed by atoms with Gasteiger partial charge in [-0.15, -0.1) is 6.58 Å².